The van der Waals surface area contributed by atoms with Gasteiger partial charge in [-0.2, -0.15) is 13.2 Å². The third-order valence-corrected chi connectivity index (χ3v) is 4.85. The van der Waals surface area contributed by atoms with Gasteiger partial charge in [-0.05, 0) is 32.3 Å². The number of aromatic nitrogens is 2. The summed E-state index contributed by atoms with van der Waals surface area (Å²) in [6.45, 7) is 4.89. The van der Waals surface area contributed by atoms with Crippen molar-refractivity contribution in [3.8, 4) is 0 Å². The second kappa shape index (κ2) is 8.16. The van der Waals surface area contributed by atoms with Crippen molar-refractivity contribution < 1.29 is 18.0 Å². The molecule has 0 atom stereocenters. The minimum Gasteiger partial charge on any atom is -0.356 e. The largest absolute Gasteiger partial charge is 0.433 e. The van der Waals surface area contributed by atoms with Gasteiger partial charge in [0.1, 0.15) is 17.3 Å². The Morgan fingerprint density at radius 1 is 1.18 bits per heavy atom. The van der Waals surface area contributed by atoms with Gasteiger partial charge in [0.25, 0.3) is 0 Å². The molecule has 2 heterocycles. The van der Waals surface area contributed by atoms with Crippen LogP contribution < -0.4 is 10.2 Å². The van der Waals surface area contributed by atoms with Crippen LogP contribution in [0.4, 0.5) is 19.0 Å². The summed E-state index contributed by atoms with van der Waals surface area (Å²) in [5.74, 6) is 0.184. The molecule has 28 heavy (non-hydrogen) atoms. The van der Waals surface area contributed by atoms with Gasteiger partial charge in [-0.1, -0.05) is 29.8 Å². The minimum atomic E-state index is -4.50. The van der Waals surface area contributed by atoms with Gasteiger partial charge in [0.2, 0.25) is 5.91 Å². The maximum absolute atomic E-state index is 13.0. The summed E-state index contributed by atoms with van der Waals surface area (Å²) >= 11 is 0. The normalized spacial score (nSPS) is 15.5. The zero-order valence-corrected chi connectivity index (χ0v) is 15.9. The van der Waals surface area contributed by atoms with Gasteiger partial charge in [-0.15, -0.1) is 0 Å². The Hall–Kier alpha value is -2.64. The molecule has 1 aliphatic heterocycles. The Bertz CT molecular complexity index is 846. The quantitative estimate of drug-likeness (QED) is 0.863. The molecule has 2 aromatic rings. The van der Waals surface area contributed by atoms with Crippen LogP contribution in [0.3, 0.4) is 0 Å². The summed E-state index contributed by atoms with van der Waals surface area (Å²) in [5, 5.41) is 2.96. The average molecular weight is 392 g/mol. The average Bonchev–Trinajstić information content (AvgIpc) is 2.65. The number of amides is 1. The van der Waals surface area contributed by atoms with Crippen LogP contribution in [0, 0.1) is 19.8 Å². The molecule has 1 aliphatic rings. The fraction of sp³-hybridized carbons (Fsp3) is 0.450. The van der Waals surface area contributed by atoms with E-state index in [1.165, 1.54) is 6.92 Å². The number of piperidine rings is 1. The first-order chi connectivity index (χ1) is 13.2. The molecule has 1 aromatic heterocycles. The number of hydrogen-bond donors (Lipinski definition) is 1. The van der Waals surface area contributed by atoms with E-state index >= 15 is 0 Å². The first-order valence-corrected chi connectivity index (χ1v) is 9.23. The molecule has 0 bridgehead atoms. The zero-order valence-electron chi connectivity index (χ0n) is 15.9. The highest BCUT2D eigenvalue weighted by Gasteiger charge is 2.34. The highest BCUT2D eigenvalue weighted by Crippen LogP contribution is 2.31. The zero-order chi connectivity index (χ0) is 20.3. The lowest BCUT2D eigenvalue weighted by atomic mass is 9.95. The summed E-state index contributed by atoms with van der Waals surface area (Å²) in [6.07, 6.45) is -3.36. The first kappa shape index (κ1) is 20.1. The van der Waals surface area contributed by atoms with Crippen molar-refractivity contribution in [3.05, 3.63) is 53.0 Å². The molecule has 0 unspecified atom stereocenters. The summed E-state index contributed by atoms with van der Waals surface area (Å²) in [4.78, 5) is 21.8. The van der Waals surface area contributed by atoms with E-state index < -0.39 is 11.9 Å². The number of aryl methyl sites for hydroxylation is 2. The van der Waals surface area contributed by atoms with Crippen LogP contribution in [0.2, 0.25) is 0 Å². The number of alkyl halides is 3. The number of hydrogen-bond acceptors (Lipinski definition) is 4. The highest BCUT2D eigenvalue weighted by molar-refractivity contribution is 5.79. The summed E-state index contributed by atoms with van der Waals surface area (Å²) in [5.41, 5.74) is 1.24. The third-order valence-electron chi connectivity index (χ3n) is 4.85. The van der Waals surface area contributed by atoms with E-state index in [1.54, 1.807) is 4.90 Å². The fourth-order valence-corrected chi connectivity index (χ4v) is 3.39. The first-order valence-electron chi connectivity index (χ1n) is 9.23. The summed E-state index contributed by atoms with van der Waals surface area (Å²) < 4.78 is 38.9. The van der Waals surface area contributed by atoms with E-state index in [1.807, 2.05) is 31.2 Å². The van der Waals surface area contributed by atoms with Gasteiger partial charge in [-0.3, -0.25) is 4.79 Å². The van der Waals surface area contributed by atoms with Crippen molar-refractivity contribution in [2.45, 2.75) is 39.4 Å². The number of carbonyl (C=O) groups excluding carboxylic acids is 1. The molecule has 0 radical (unpaired) electrons. The minimum absolute atomic E-state index is 0.0176. The second-order valence-corrected chi connectivity index (χ2v) is 7.12. The monoisotopic (exact) mass is 392 g/mol. The maximum Gasteiger partial charge on any atom is 0.433 e. The topological polar surface area (TPSA) is 58.1 Å². The number of rotatable bonds is 4. The van der Waals surface area contributed by atoms with E-state index in [-0.39, 0.29) is 23.5 Å². The number of anilines is 1. The van der Waals surface area contributed by atoms with Crippen molar-refractivity contribution in [1.29, 1.82) is 0 Å². The van der Waals surface area contributed by atoms with E-state index in [0.717, 1.165) is 17.2 Å². The lowest BCUT2D eigenvalue weighted by Gasteiger charge is -2.32. The molecule has 3 rings (SSSR count). The summed E-state index contributed by atoms with van der Waals surface area (Å²) in [7, 11) is 0. The molecule has 1 N–H and O–H groups in total. The van der Waals surface area contributed by atoms with E-state index in [0.29, 0.717) is 32.5 Å². The molecule has 1 saturated heterocycles. The Balaban J connectivity index is 1.57. The number of benzene rings is 1. The number of halogens is 3. The van der Waals surface area contributed by atoms with Gasteiger partial charge in [0.15, 0.2) is 0 Å². The van der Waals surface area contributed by atoms with Crippen molar-refractivity contribution >= 4 is 11.7 Å². The Morgan fingerprint density at radius 2 is 1.89 bits per heavy atom. The Morgan fingerprint density at radius 3 is 2.54 bits per heavy atom. The highest BCUT2D eigenvalue weighted by atomic mass is 19.4. The number of nitrogens with one attached hydrogen (secondary N) is 1. The predicted molar refractivity (Wildman–Crippen MR) is 99.7 cm³/mol. The smallest absolute Gasteiger partial charge is 0.356 e. The lowest BCUT2D eigenvalue weighted by Crippen LogP contribution is -2.40. The molecule has 8 heteroatoms. The Labute approximate surface area is 162 Å². The van der Waals surface area contributed by atoms with Crippen LogP contribution in [0.25, 0.3) is 0 Å². The Kier molecular flexibility index (Phi) is 5.86. The van der Waals surface area contributed by atoms with Gasteiger partial charge in [0.05, 0.1) is 0 Å². The molecule has 5 nitrogen and oxygen atoms in total. The molecule has 0 aliphatic carbocycles. The molecule has 0 saturated carbocycles. The standard InChI is InChI=1S/C20H23F3N4O/c1-13-4-3-5-15(10-13)12-24-19(28)16-6-8-27(9-7-16)18-11-17(20(21,22)23)25-14(2)26-18/h3-5,10-11,16H,6-9,12H2,1-2H3,(H,24,28). The number of carbonyl (C=O) groups is 1. The van der Waals surface area contributed by atoms with Crippen LogP contribution in [0.5, 0.6) is 0 Å². The van der Waals surface area contributed by atoms with Gasteiger partial charge < -0.3 is 10.2 Å². The van der Waals surface area contributed by atoms with Gasteiger partial charge in [-0.25, -0.2) is 9.97 Å². The van der Waals surface area contributed by atoms with Crippen LogP contribution in [0.15, 0.2) is 30.3 Å². The molecule has 1 fully saturated rings. The van der Waals surface area contributed by atoms with Crippen molar-refractivity contribution in [3.63, 3.8) is 0 Å². The maximum atomic E-state index is 13.0. The van der Waals surface area contributed by atoms with E-state index in [9.17, 15) is 18.0 Å². The second-order valence-electron chi connectivity index (χ2n) is 7.12. The third kappa shape index (κ3) is 4.99. The van der Waals surface area contributed by atoms with Crippen LogP contribution in [-0.2, 0) is 17.5 Å². The summed E-state index contributed by atoms with van der Waals surface area (Å²) in [6, 6.07) is 8.92. The fourth-order valence-electron chi connectivity index (χ4n) is 3.39. The van der Waals surface area contributed by atoms with Gasteiger partial charge >= 0.3 is 6.18 Å². The molecule has 1 amide bonds. The molecule has 1 aromatic carbocycles. The SMILES string of the molecule is Cc1cccc(CNC(=O)C2CCN(c3cc(C(F)(F)F)nc(C)n3)CC2)c1. The molecule has 0 spiro atoms. The predicted octanol–water partition coefficient (Wildman–Crippen LogP) is 3.65. The van der Waals surface area contributed by atoms with Crippen LogP contribution in [0.1, 0.15) is 35.5 Å². The van der Waals surface area contributed by atoms with Crippen LogP contribution >= 0.6 is 0 Å². The molecule has 150 valence electrons. The van der Waals surface area contributed by atoms with Gasteiger partial charge in [0, 0.05) is 31.6 Å². The molecular formula is C20H23F3N4O. The van der Waals surface area contributed by atoms with E-state index in [2.05, 4.69) is 15.3 Å². The number of nitrogens with zero attached hydrogens (tertiary/aromatic N) is 3. The van der Waals surface area contributed by atoms with Crippen molar-refractivity contribution in [1.82, 2.24) is 15.3 Å². The van der Waals surface area contributed by atoms with Crippen molar-refractivity contribution in [2.24, 2.45) is 5.92 Å². The molecular weight excluding hydrogens is 369 g/mol. The van der Waals surface area contributed by atoms with Crippen molar-refractivity contribution in [2.75, 3.05) is 18.0 Å². The van der Waals surface area contributed by atoms with Crippen LogP contribution in [-0.4, -0.2) is 29.0 Å². The lowest BCUT2D eigenvalue weighted by molar-refractivity contribution is -0.141. The van der Waals surface area contributed by atoms with E-state index in [4.69, 9.17) is 0 Å².